The van der Waals surface area contributed by atoms with E-state index in [2.05, 4.69) is 80.0 Å². The van der Waals surface area contributed by atoms with Crippen molar-refractivity contribution in [3.8, 4) is 0 Å². The first-order valence-corrected chi connectivity index (χ1v) is 22.7. The quantitative estimate of drug-likeness (QED) is 0.269. The van der Waals surface area contributed by atoms with Gasteiger partial charge in [-0.15, -0.1) is 0 Å². The van der Waals surface area contributed by atoms with E-state index < -0.39 is 16.6 Å². The van der Waals surface area contributed by atoms with E-state index in [1.165, 1.54) is 63.5 Å². The van der Waals surface area contributed by atoms with Crippen molar-refractivity contribution in [1.29, 1.82) is 0 Å². The largest absolute Gasteiger partial charge is 0.544 e. The average molecular weight is 545 g/mol. The van der Waals surface area contributed by atoms with Gasteiger partial charge in [-0.2, -0.15) is 0 Å². The number of hydrogen-bond acceptors (Lipinski definition) is 2. The summed E-state index contributed by atoms with van der Waals surface area (Å²) in [4.78, 5) is 0. The van der Waals surface area contributed by atoms with Crippen LogP contribution >= 0.6 is 0 Å². The van der Waals surface area contributed by atoms with Gasteiger partial charge in [0.2, 0.25) is 8.32 Å². The second kappa shape index (κ2) is 10.6. The third-order valence-electron chi connectivity index (χ3n) is 10.7. The van der Waals surface area contributed by atoms with E-state index in [1.807, 2.05) is 0 Å². The molecule has 0 heterocycles. The van der Waals surface area contributed by atoms with Gasteiger partial charge in [0.1, 0.15) is 5.76 Å². The van der Waals surface area contributed by atoms with Gasteiger partial charge in [0, 0.05) is 6.10 Å². The fraction of sp³-hybridized carbons (Fsp3) is 0.879. The van der Waals surface area contributed by atoms with E-state index in [9.17, 15) is 0 Å². The van der Waals surface area contributed by atoms with Crippen LogP contribution in [-0.4, -0.2) is 22.7 Å². The third-order valence-corrected chi connectivity index (χ3v) is 12.6. The maximum atomic E-state index is 7.03. The first-order valence-electron chi connectivity index (χ1n) is 15.9. The lowest BCUT2D eigenvalue weighted by Crippen LogP contribution is -2.48. The minimum Gasteiger partial charge on any atom is -0.544 e. The van der Waals surface area contributed by atoms with Crippen LogP contribution in [0.1, 0.15) is 98.8 Å². The van der Waals surface area contributed by atoms with Crippen molar-refractivity contribution in [2.45, 2.75) is 144 Å². The van der Waals surface area contributed by atoms with Crippen molar-refractivity contribution < 1.29 is 8.85 Å². The molecule has 0 bridgehead atoms. The Morgan fingerprint density at radius 3 is 2.19 bits per heavy atom. The second-order valence-corrected chi connectivity index (χ2v) is 25.2. The summed E-state index contributed by atoms with van der Waals surface area (Å²) in [5, 5.41) is 0. The predicted octanol–water partition coefficient (Wildman–Crippen LogP) is 10.3. The van der Waals surface area contributed by atoms with E-state index >= 15 is 0 Å². The monoisotopic (exact) mass is 544 g/mol. The Morgan fingerprint density at radius 2 is 1.57 bits per heavy atom. The summed E-state index contributed by atoms with van der Waals surface area (Å²) in [6.07, 6.45) is 16.3. The van der Waals surface area contributed by atoms with Crippen LogP contribution in [0.4, 0.5) is 0 Å². The molecular weight excluding hydrogens is 485 g/mol. The molecule has 37 heavy (non-hydrogen) atoms. The molecule has 212 valence electrons. The van der Waals surface area contributed by atoms with Crippen LogP contribution in [0.15, 0.2) is 23.0 Å². The Hall–Kier alpha value is -0.326. The topological polar surface area (TPSA) is 18.5 Å². The summed E-state index contributed by atoms with van der Waals surface area (Å²) in [5.41, 5.74) is 4.13. The van der Waals surface area contributed by atoms with Crippen LogP contribution in [0.5, 0.6) is 0 Å². The molecule has 4 rings (SSSR count). The molecule has 2 nitrogen and oxygen atoms in total. The van der Waals surface area contributed by atoms with Crippen LogP contribution in [0.2, 0.25) is 39.3 Å². The molecule has 0 aromatic carbocycles. The van der Waals surface area contributed by atoms with Crippen LogP contribution in [0.3, 0.4) is 0 Å². The fourth-order valence-corrected chi connectivity index (χ4v) is 11.1. The Bertz CT molecular complexity index is 891. The zero-order valence-electron chi connectivity index (χ0n) is 26.4. The van der Waals surface area contributed by atoms with Gasteiger partial charge in [0.25, 0.3) is 0 Å². The molecule has 0 radical (unpaired) electrons. The number of allylic oxidation sites excluding steroid dienone is 2. The van der Waals surface area contributed by atoms with E-state index in [-0.39, 0.29) is 0 Å². The molecule has 3 saturated carbocycles. The predicted molar refractivity (Wildman–Crippen MR) is 165 cm³/mol. The van der Waals surface area contributed by atoms with Gasteiger partial charge < -0.3 is 8.85 Å². The SMILES string of the molecule is CC(C)CCC[C@@H](C)[C@H]1CCC2C3=C(O[Si](C)(C)C)C=C4C[C@@H](O[Si](C)(C)C)CC[C@]4(C)C3CC[C@@]21C. The molecule has 4 aliphatic rings. The Kier molecular flexibility index (Phi) is 8.48. The molecule has 7 atom stereocenters. The van der Waals surface area contributed by atoms with Crippen LogP contribution in [0, 0.1) is 40.4 Å². The van der Waals surface area contributed by atoms with Gasteiger partial charge in [-0.3, -0.25) is 0 Å². The van der Waals surface area contributed by atoms with Gasteiger partial charge in [-0.1, -0.05) is 59.5 Å². The maximum Gasteiger partial charge on any atom is 0.242 e. The smallest absolute Gasteiger partial charge is 0.242 e. The zero-order valence-corrected chi connectivity index (χ0v) is 28.4. The Labute approximate surface area is 232 Å². The highest BCUT2D eigenvalue weighted by Gasteiger charge is 2.58. The van der Waals surface area contributed by atoms with Crippen molar-refractivity contribution in [3.63, 3.8) is 0 Å². The van der Waals surface area contributed by atoms with E-state index in [0.717, 1.165) is 24.2 Å². The highest BCUT2D eigenvalue weighted by atomic mass is 28.4. The zero-order chi connectivity index (χ0) is 27.4. The summed E-state index contributed by atoms with van der Waals surface area (Å²) < 4.78 is 13.7. The molecule has 0 aliphatic heterocycles. The third kappa shape index (κ3) is 6.22. The lowest BCUT2D eigenvalue weighted by molar-refractivity contribution is 0.0305. The normalized spacial score (nSPS) is 37.1. The second-order valence-electron chi connectivity index (χ2n) is 16.4. The van der Waals surface area contributed by atoms with Crippen molar-refractivity contribution in [1.82, 2.24) is 0 Å². The number of hydrogen-bond donors (Lipinski definition) is 0. The molecule has 4 aliphatic carbocycles. The lowest BCUT2D eigenvalue weighted by Gasteiger charge is -2.56. The first-order chi connectivity index (χ1) is 17.0. The van der Waals surface area contributed by atoms with Gasteiger partial charge in [0.15, 0.2) is 8.32 Å². The molecule has 0 amide bonds. The fourth-order valence-electron chi connectivity index (χ4n) is 9.06. The number of rotatable bonds is 9. The minimum absolute atomic E-state index is 0.295. The van der Waals surface area contributed by atoms with Gasteiger partial charge in [0.05, 0.1) is 0 Å². The van der Waals surface area contributed by atoms with Gasteiger partial charge >= 0.3 is 0 Å². The molecule has 0 spiro atoms. The van der Waals surface area contributed by atoms with Gasteiger partial charge in [-0.05, 0) is 136 Å². The Balaban J connectivity index is 1.67. The summed E-state index contributed by atoms with van der Waals surface area (Å²) >= 11 is 0. The highest BCUT2D eigenvalue weighted by molar-refractivity contribution is 6.70. The van der Waals surface area contributed by atoms with E-state index in [0.29, 0.717) is 28.8 Å². The molecule has 0 aromatic rings. The van der Waals surface area contributed by atoms with Crippen molar-refractivity contribution in [2.24, 2.45) is 40.4 Å². The van der Waals surface area contributed by atoms with Crippen LogP contribution < -0.4 is 0 Å². The average Bonchev–Trinajstić information content (AvgIpc) is 3.09. The molecule has 3 fully saturated rings. The molecule has 0 N–H and O–H groups in total. The Morgan fingerprint density at radius 1 is 0.865 bits per heavy atom. The van der Waals surface area contributed by atoms with Crippen molar-refractivity contribution >= 4 is 16.6 Å². The standard InChI is InChI=1S/C33H60O2Si2/c1-23(2)13-12-14-24(3)27-15-16-28-31-29(18-20-33(27,28)5)32(4)19-17-26(34-36(6,7)8)21-25(32)22-30(31)35-37(9,10)11/h22-24,26-29H,12-21H2,1-11H3/t24-,26+,27-,28?,29?,32+,33-/m1/s1. The highest BCUT2D eigenvalue weighted by Crippen LogP contribution is 2.67. The van der Waals surface area contributed by atoms with Crippen molar-refractivity contribution in [3.05, 3.63) is 23.0 Å². The van der Waals surface area contributed by atoms with Crippen LogP contribution in [-0.2, 0) is 8.85 Å². The first kappa shape index (κ1) is 29.7. The van der Waals surface area contributed by atoms with Gasteiger partial charge in [-0.25, -0.2) is 0 Å². The minimum atomic E-state index is -1.72. The summed E-state index contributed by atoms with van der Waals surface area (Å²) in [6.45, 7) is 26.8. The molecule has 0 saturated heterocycles. The molecular formula is C33H60O2Si2. The molecule has 2 unspecified atom stereocenters. The summed E-state index contributed by atoms with van der Waals surface area (Å²) in [5.74, 6) is 5.22. The van der Waals surface area contributed by atoms with E-state index in [4.69, 9.17) is 8.85 Å². The maximum absolute atomic E-state index is 7.03. The summed E-state index contributed by atoms with van der Waals surface area (Å²) in [7, 11) is -3.26. The van der Waals surface area contributed by atoms with Crippen molar-refractivity contribution in [2.75, 3.05) is 0 Å². The van der Waals surface area contributed by atoms with E-state index in [1.54, 1.807) is 11.1 Å². The molecule has 0 aromatic heterocycles. The number of fused-ring (bicyclic) bond motifs is 5. The lowest BCUT2D eigenvalue weighted by atomic mass is 9.49. The summed E-state index contributed by atoms with van der Waals surface area (Å²) in [6, 6.07) is 0. The molecule has 4 heteroatoms. The van der Waals surface area contributed by atoms with Crippen LogP contribution in [0.25, 0.3) is 0 Å².